The first kappa shape index (κ1) is 71.7. The van der Waals surface area contributed by atoms with Crippen LogP contribution >= 0.6 is 0 Å². The lowest BCUT2D eigenvalue weighted by molar-refractivity contribution is 0.397. The van der Waals surface area contributed by atoms with E-state index in [-0.39, 0.29) is 102 Å². The minimum Gasteiger partial charge on any atom is -0.495 e. The topological polar surface area (TPSA) is 487 Å². The first-order chi connectivity index (χ1) is 45.0. The van der Waals surface area contributed by atoms with E-state index >= 15 is 0 Å². The standard InChI is InChI=1S/C58H50N10O22S6/c1-33-23-47(51(89-5)31-45(33)65-61-43-19-21-49(87-3)57(29-43)95(81,82)83)67-63-41-17-13-37(55(27-41)93(75,76)77)9-7-35-11-15-39(25-53(35)91(69,70)71)59-60-40-16-12-36(54(26-40)92(72,73)74)8-10-38-14-18-42(28-56(38)94(78,79)80)64-68-48-24-34(2)46(32-52(48)90-6)66-62-44-20-22-50(88-4)58(30-44)96(84,85)86/h7-32H,1-6H3,(H,69,70,71)(H,72,73,74)(H,75,76,77)(H,78,79,80)(H,81,82,83)(H,84,85,86). The largest absolute Gasteiger partial charge is 0.495 e. The van der Waals surface area contributed by atoms with Crippen LogP contribution in [0.5, 0.6) is 23.0 Å². The molecule has 0 amide bonds. The summed E-state index contributed by atoms with van der Waals surface area (Å²) in [5.74, 6) is -0.0215. The highest BCUT2D eigenvalue weighted by atomic mass is 32.2. The molecule has 38 heteroatoms. The number of hydrogen-bond acceptors (Lipinski definition) is 26. The number of aryl methyl sites for hydroxylation is 2. The van der Waals surface area contributed by atoms with Gasteiger partial charge in [-0.05, 0) is 144 Å². The summed E-state index contributed by atoms with van der Waals surface area (Å²) in [7, 11) is -24.5. The zero-order chi connectivity index (χ0) is 70.3. The molecule has 0 bridgehead atoms. The van der Waals surface area contributed by atoms with Crippen LogP contribution in [-0.2, 0) is 60.7 Å². The van der Waals surface area contributed by atoms with E-state index in [0.717, 1.165) is 72.8 Å². The first-order valence-corrected chi connectivity index (χ1v) is 35.2. The number of ether oxygens (including phenoxy) is 4. The Bertz CT molecular complexity index is 5060. The van der Waals surface area contributed by atoms with Gasteiger partial charge in [0.2, 0.25) is 0 Å². The molecule has 32 nitrogen and oxygen atoms in total. The summed E-state index contributed by atoms with van der Waals surface area (Å²) in [6.07, 6.45) is 4.39. The number of methoxy groups -OCH3 is 4. The summed E-state index contributed by atoms with van der Waals surface area (Å²) in [6, 6.07) is 26.7. The van der Waals surface area contributed by atoms with Crippen molar-refractivity contribution in [2.45, 2.75) is 43.2 Å². The summed E-state index contributed by atoms with van der Waals surface area (Å²) >= 11 is 0. The third kappa shape index (κ3) is 18.0. The van der Waals surface area contributed by atoms with Crippen molar-refractivity contribution in [1.82, 2.24) is 0 Å². The average Bonchev–Trinajstić information content (AvgIpc) is 0.827. The van der Waals surface area contributed by atoms with Crippen molar-refractivity contribution in [3.8, 4) is 23.0 Å². The highest BCUT2D eigenvalue weighted by Crippen LogP contribution is 2.41. The molecule has 0 aliphatic carbocycles. The Hall–Kier alpha value is -10.1. The molecular weight excluding hydrogens is 1380 g/mol. The van der Waals surface area contributed by atoms with Crippen LogP contribution in [-0.4, -0.2) is 106 Å². The van der Waals surface area contributed by atoms with Crippen molar-refractivity contribution < 1.29 is 96.8 Å². The van der Waals surface area contributed by atoms with Crippen LogP contribution < -0.4 is 18.9 Å². The van der Waals surface area contributed by atoms with Crippen molar-refractivity contribution in [1.29, 1.82) is 0 Å². The summed E-state index contributed by atoms with van der Waals surface area (Å²) in [5, 5.41) is 40.8. The zero-order valence-electron chi connectivity index (χ0n) is 50.1. The summed E-state index contributed by atoms with van der Waals surface area (Å²) in [5.41, 5.74) is 0.287. The van der Waals surface area contributed by atoms with Gasteiger partial charge in [0, 0.05) is 12.1 Å². The molecule has 8 aromatic carbocycles. The van der Waals surface area contributed by atoms with Crippen LogP contribution in [0, 0.1) is 13.8 Å². The fraction of sp³-hybridized carbons (Fsp3) is 0.103. The van der Waals surface area contributed by atoms with Gasteiger partial charge in [-0.25, -0.2) is 0 Å². The van der Waals surface area contributed by atoms with E-state index in [2.05, 4.69) is 51.1 Å². The first-order valence-electron chi connectivity index (χ1n) is 26.6. The van der Waals surface area contributed by atoms with Gasteiger partial charge in [-0.1, -0.05) is 48.6 Å². The molecule has 0 spiro atoms. The van der Waals surface area contributed by atoms with E-state index in [1.807, 2.05) is 0 Å². The Morgan fingerprint density at radius 1 is 0.260 bits per heavy atom. The molecule has 0 saturated heterocycles. The fourth-order valence-electron chi connectivity index (χ4n) is 8.59. The van der Waals surface area contributed by atoms with E-state index in [4.69, 9.17) is 18.9 Å². The molecule has 0 atom stereocenters. The SMILES string of the molecule is COc1cc(N=Nc2ccc(OC)c(S(=O)(=O)O)c2)c(C)cc1N=Nc1ccc(C=Cc2ccc(N=Nc3ccc(C=Cc4ccc(N=Nc5cc(C)c(N=Nc6ccc(OC)c(S(=O)(=O)O)c6)cc5OC)cc4S(=O)(=O)O)c(S(=O)(=O)O)c3)cc2S(=O)(=O)O)c(S(=O)(=O)O)c1. The molecule has 0 fully saturated rings. The highest BCUT2D eigenvalue weighted by Gasteiger charge is 2.23. The number of azo groups is 5. The Balaban J connectivity index is 0.991. The van der Waals surface area contributed by atoms with Gasteiger partial charge in [-0.15, -0.1) is 10.2 Å². The molecule has 0 aliphatic rings. The van der Waals surface area contributed by atoms with Crippen LogP contribution in [0.2, 0.25) is 0 Å². The van der Waals surface area contributed by atoms with Crippen LogP contribution in [0.25, 0.3) is 24.3 Å². The molecule has 0 radical (unpaired) electrons. The number of rotatable bonds is 24. The van der Waals surface area contributed by atoms with E-state index in [0.29, 0.717) is 11.1 Å². The fourth-order valence-corrected chi connectivity index (χ4v) is 12.8. The number of hydrogen-bond donors (Lipinski definition) is 6. The van der Waals surface area contributed by atoms with Crippen LogP contribution in [0.15, 0.2) is 214 Å². The lowest BCUT2D eigenvalue weighted by Crippen LogP contribution is -2.02. The molecular formula is C58H50N10O22S6. The van der Waals surface area contributed by atoms with Gasteiger partial charge in [0.25, 0.3) is 60.7 Å². The predicted octanol–water partition coefficient (Wildman–Crippen LogP) is 14.2. The maximum Gasteiger partial charge on any atom is 0.298 e. The van der Waals surface area contributed by atoms with Crippen LogP contribution in [0.4, 0.5) is 56.9 Å². The Kier molecular flexibility index (Phi) is 21.6. The monoisotopic (exact) mass is 1430 g/mol. The van der Waals surface area contributed by atoms with Gasteiger partial charge >= 0.3 is 0 Å². The third-order valence-electron chi connectivity index (χ3n) is 13.2. The normalized spacial score (nSPS) is 13.0. The van der Waals surface area contributed by atoms with Crippen molar-refractivity contribution in [2.24, 2.45) is 51.1 Å². The van der Waals surface area contributed by atoms with Gasteiger partial charge < -0.3 is 18.9 Å². The zero-order valence-corrected chi connectivity index (χ0v) is 55.0. The second-order valence-corrected chi connectivity index (χ2v) is 28.0. The molecule has 6 N–H and O–H groups in total. The maximum absolute atomic E-state index is 12.7. The van der Waals surface area contributed by atoms with Crippen molar-refractivity contribution in [3.05, 3.63) is 167 Å². The number of nitrogens with zero attached hydrogens (tertiary/aromatic N) is 10. The lowest BCUT2D eigenvalue weighted by Gasteiger charge is -2.08. The van der Waals surface area contributed by atoms with E-state index in [1.165, 1.54) is 113 Å². The average molecular weight is 1430 g/mol. The van der Waals surface area contributed by atoms with E-state index in [9.17, 15) is 77.8 Å². The number of benzene rings is 8. The van der Waals surface area contributed by atoms with Gasteiger partial charge in [-0.2, -0.15) is 91.4 Å². The van der Waals surface area contributed by atoms with E-state index in [1.54, 1.807) is 13.8 Å². The van der Waals surface area contributed by atoms with Crippen molar-refractivity contribution in [2.75, 3.05) is 28.4 Å². The molecule has 8 aromatic rings. The van der Waals surface area contributed by atoms with Crippen LogP contribution in [0.1, 0.15) is 33.4 Å². The third-order valence-corrected chi connectivity index (χ3v) is 18.6. The second kappa shape index (κ2) is 28.9. The lowest BCUT2D eigenvalue weighted by atomic mass is 10.1. The van der Waals surface area contributed by atoms with Crippen molar-refractivity contribution >= 4 is 142 Å². The molecule has 500 valence electrons. The maximum atomic E-state index is 12.7. The quantitative estimate of drug-likeness (QED) is 0.0186. The Morgan fingerprint density at radius 3 is 0.698 bits per heavy atom. The Labute approximate surface area is 548 Å². The molecule has 0 saturated carbocycles. The summed E-state index contributed by atoms with van der Waals surface area (Å²) in [4.78, 5) is -4.01. The van der Waals surface area contributed by atoms with Gasteiger partial charge in [0.15, 0.2) is 0 Å². The molecule has 96 heavy (non-hydrogen) atoms. The minimum atomic E-state index is -5.08. The van der Waals surface area contributed by atoms with E-state index < -0.39 is 90.1 Å². The van der Waals surface area contributed by atoms with Gasteiger partial charge in [0.1, 0.15) is 63.7 Å². The van der Waals surface area contributed by atoms with Gasteiger partial charge in [-0.3, -0.25) is 27.3 Å². The molecule has 8 rings (SSSR count). The van der Waals surface area contributed by atoms with Crippen LogP contribution in [0.3, 0.4) is 0 Å². The smallest absolute Gasteiger partial charge is 0.298 e. The molecule has 0 aromatic heterocycles. The molecule has 0 aliphatic heterocycles. The second-order valence-electron chi connectivity index (χ2n) is 19.7. The summed E-state index contributed by atoms with van der Waals surface area (Å²) < 4.78 is 230. The minimum absolute atomic E-state index is 0.0466. The summed E-state index contributed by atoms with van der Waals surface area (Å²) in [6.45, 7) is 3.26. The van der Waals surface area contributed by atoms with Crippen molar-refractivity contribution in [3.63, 3.8) is 0 Å². The van der Waals surface area contributed by atoms with Gasteiger partial charge in [0.05, 0.1) is 73.9 Å². The highest BCUT2D eigenvalue weighted by molar-refractivity contribution is 7.87. The Morgan fingerprint density at radius 2 is 0.469 bits per heavy atom. The molecule has 0 unspecified atom stereocenters. The predicted molar refractivity (Wildman–Crippen MR) is 345 cm³/mol. The molecule has 0 heterocycles.